The van der Waals surface area contributed by atoms with Crippen LogP contribution in [0.5, 0.6) is 0 Å². The second-order valence-electron chi connectivity index (χ2n) is 3.19. The van der Waals surface area contributed by atoms with Crippen LogP contribution in [0, 0.1) is 17.8 Å². The van der Waals surface area contributed by atoms with Crippen molar-refractivity contribution in [3.8, 4) is 12.3 Å². The first-order valence-corrected chi connectivity index (χ1v) is 3.70. The smallest absolute Gasteiger partial charge is 0.165 e. The SMILES string of the molecule is C#CC(O)C(C)(C)C(OC)OC. The van der Waals surface area contributed by atoms with Crippen molar-refractivity contribution in [3.05, 3.63) is 0 Å². The molecule has 0 rings (SSSR count). The van der Waals surface area contributed by atoms with E-state index in [0.29, 0.717) is 0 Å². The fourth-order valence-electron chi connectivity index (χ4n) is 1.05. The summed E-state index contributed by atoms with van der Waals surface area (Å²) in [5.41, 5.74) is -0.599. The molecule has 0 aliphatic heterocycles. The van der Waals surface area contributed by atoms with Crippen molar-refractivity contribution in [2.45, 2.75) is 26.2 Å². The van der Waals surface area contributed by atoms with Crippen molar-refractivity contribution in [2.75, 3.05) is 14.2 Å². The van der Waals surface area contributed by atoms with E-state index < -0.39 is 17.8 Å². The molecule has 3 nitrogen and oxygen atoms in total. The van der Waals surface area contributed by atoms with Crippen LogP contribution in [0.25, 0.3) is 0 Å². The zero-order valence-corrected chi connectivity index (χ0v) is 8.00. The molecule has 1 unspecified atom stereocenters. The fourth-order valence-corrected chi connectivity index (χ4v) is 1.05. The predicted molar refractivity (Wildman–Crippen MR) is 46.4 cm³/mol. The molecule has 0 saturated carbocycles. The van der Waals surface area contributed by atoms with Crippen LogP contribution in [-0.2, 0) is 9.47 Å². The molecule has 70 valence electrons. The number of hydrogen-bond donors (Lipinski definition) is 1. The summed E-state index contributed by atoms with van der Waals surface area (Å²) < 4.78 is 10.0. The van der Waals surface area contributed by atoms with E-state index >= 15 is 0 Å². The van der Waals surface area contributed by atoms with Gasteiger partial charge in [-0.2, -0.15) is 0 Å². The molecular weight excluding hydrogens is 156 g/mol. The quantitative estimate of drug-likeness (QED) is 0.499. The minimum Gasteiger partial charge on any atom is -0.380 e. The third-order valence-corrected chi connectivity index (χ3v) is 1.90. The van der Waals surface area contributed by atoms with Crippen molar-refractivity contribution in [2.24, 2.45) is 5.41 Å². The van der Waals surface area contributed by atoms with Gasteiger partial charge < -0.3 is 14.6 Å². The molecule has 0 spiro atoms. The number of rotatable bonds is 4. The first-order chi connectivity index (χ1) is 5.50. The van der Waals surface area contributed by atoms with E-state index in [2.05, 4.69) is 5.92 Å². The van der Waals surface area contributed by atoms with Crippen LogP contribution in [0.3, 0.4) is 0 Å². The summed E-state index contributed by atoms with van der Waals surface area (Å²) in [4.78, 5) is 0. The van der Waals surface area contributed by atoms with Crippen LogP contribution in [0.1, 0.15) is 13.8 Å². The lowest BCUT2D eigenvalue weighted by atomic mass is 9.86. The molecule has 0 aromatic rings. The summed E-state index contributed by atoms with van der Waals surface area (Å²) >= 11 is 0. The Balaban J connectivity index is 4.47. The highest BCUT2D eigenvalue weighted by atomic mass is 16.7. The van der Waals surface area contributed by atoms with Gasteiger partial charge in [-0.25, -0.2) is 0 Å². The van der Waals surface area contributed by atoms with Gasteiger partial charge >= 0.3 is 0 Å². The van der Waals surface area contributed by atoms with Crippen LogP contribution in [0.2, 0.25) is 0 Å². The molecule has 1 N–H and O–H groups in total. The van der Waals surface area contributed by atoms with E-state index in [1.807, 2.05) is 0 Å². The second-order valence-corrected chi connectivity index (χ2v) is 3.19. The first-order valence-electron chi connectivity index (χ1n) is 3.70. The van der Waals surface area contributed by atoms with E-state index in [-0.39, 0.29) is 0 Å². The van der Waals surface area contributed by atoms with E-state index in [0.717, 1.165) is 0 Å². The summed E-state index contributed by atoms with van der Waals surface area (Å²) in [6, 6.07) is 0. The van der Waals surface area contributed by atoms with E-state index in [1.54, 1.807) is 13.8 Å². The van der Waals surface area contributed by atoms with E-state index in [4.69, 9.17) is 15.9 Å². The largest absolute Gasteiger partial charge is 0.380 e. The van der Waals surface area contributed by atoms with E-state index in [1.165, 1.54) is 14.2 Å². The monoisotopic (exact) mass is 172 g/mol. The number of ether oxygens (including phenoxy) is 2. The summed E-state index contributed by atoms with van der Waals surface area (Å²) in [6.07, 6.45) is 3.72. The molecule has 0 bridgehead atoms. The second kappa shape index (κ2) is 4.46. The highest BCUT2D eigenvalue weighted by Gasteiger charge is 2.36. The Morgan fingerprint density at radius 1 is 1.33 bits per heavy atom. The Labute approximate surface area is 73.7 Å². The summed E-state index contributed by atoms with van der Waals surface area (Å²) in [5.74, 6) is 2.25. The Bertz CT molecular complexity index is 165. The van der Waals surface area contributed by atoms with Gasteiger partial charge in [0.1, 0.15) is 6.10 Å². The maximum Gasteiger partial charge on any atom is 0.165 e. The van der Waals surface area contributed by atoms with E-state index in [9.17, 15) is 5.11 Å². The Morgan fingerprint density at radius 3 is 2.00 bits per heavy atom. The standard InChI is InChI=1S/C9H16O3/c1-6-7(10)9(2,3)8(11-4)12-5/h1,7-8,10H,2-5H3. The van der Waals surface area contributed by atoms with Crippen molar-refractivity contribution >= 4 is 0 Å². The number of aliphatic hydroxyl groups excluding tert-OH is 1. The molecule has 0 radical (unpaired) electrons. The molecule has 0 fully saturated rings. The molecular formula is C9H16O3. The first kappa shape index (κ1) is 11.4. The van der Waals surface area contributed by atoms with Gasteiger partial charge in [0, 0.05) is 14.2 Å². The predicted octanol–water partition coefficient (Wildman–Crippen LogP) is 0.626. The van der Waals surface area contributed by atoms with Gasteiger partial charge in [0.2, 0.25) is 0 Å². The summed E-state index contributed by atoms with van der Waals surface area (Å²) in [7, 11) is 3.03. The average molecular weight is 172 g/mol. The minimum atomic E-state index is -0.873. The van der Waals surface area contributed by atoms with Crippen molar-refractivity contribution < 1.29 is 14.6 Å². The normalized spacial score (nSPS) is 14.4. The maximum absolute atomic E-state index is 9.42. The van der Waals surface area contributed by atoms with Crippen molar-refractivity contribution in [3.63, 3.8) is 0 Å². The number of terminal acetylenes is 1. The molecule has 0 aliphatic rings. The molecule has 0 aromatic carbocycles. The van der Waals surface area contributed by atoms with Crippen LogP contribution in [0.15, 0.2) is 0 Å². The molecule has 12 heavy (non-hydrogen) atoms. The van der Waals surface area contributed by atoms with Crippen LogP contribution >= 0.6 is 0 Å². The Morgan fingerprint density at radius 2 is 1.75 bits per heavy atom. The highest BCUT2D eigenvalue weighted by Crippen LogP contribution is 2.27. The van der Waals surface area contributed by atoms with Crippen LogP contribution in [0.4, 0.5) is 0 Å². The lowest BCUT2D eigenvalue weighted by molar-refractivity contribution is -0.188. The van der Waals surface area contributed by atoms with Gasteiger partial charge in [-0.3, -0.25) is 0 Å². The minimum absolute atomic E-state index is 0.497. The Kier molecular flexibility index (Phi) is 4.25. The summed E-state index contributed by atoms with van der Waals surface area (Å²) in [6.45, 7) is 3.57. The molecule has 0 saturated heterocycles. The zero-order chi connectivity index (χ0) is 9.78. The third-order valence-electron chi connectivity index (χ3n) is 1.90. The lowest BCUT2D eigenvalue weighted by Crippen LogP contribution is -2.41. The van der Waals surface area contributed by atoms with Gasteiger partial charge in [0.15, 0.2) is 6.29 Å². The van der Waals surface area contributed by atoms with Gasteiger partial charge in [0.05, 0.1) is 5.41 Å². The lowest BCUT2D eigenvalue weighted by Gasteiger charge is -2.33. The molecule has 0 heterocycles. The fraction of sp³-hybridized carbons (Fsp3) is 0.778. The number of aliphatic hydroxyl groups is 1. The zero-order valence-electron chi connectivity index (χ0n) is 8.00. The number of methoxy groups -OCH3 is 2. The third kappa shape index (κ3) is 2.21. The van der Waals surface area contributed by atoms with Gasteiger partial charge in [-0.05, 0) is 0 Å². The Hall–Kier alpha value is -0.560. The number of hydrogen-bond acceptors (Lipinski definition) is 3. The topological polar surface area (TPSA) is 38.7 Å². The van der Waals surface area contributed by atoms with Crippen LogP contribution in [-0.4, -0.2) is 31.7 Å². The van der Waals surface area contributed by atoms with Gasteiger partial charge in [-0.1, -0.05) is 19.8 Å². The highest BCUT2D eigenvalue weighted by molar-refractivity contribution is 5.02. The molecule has 0 aliphatic carbocycles. The van der Waals surface area contributed by atoms with Crippen molar-refractivity contribution in [1.82, 2.24) is 0 Å². The van der Waals surface area contributed by atoms with Crippen LogP contribution < -0.4 is 0 Å². The molecule has 3 heteroatoms. The molecule has 0 aromatic heterocycles. The summed E-state index contributed by atoms with van der Waals surface area (Å²) in [5, 5.41) is 9.42. The average Bonchev–Trinajstić information content (AvgIpc) is 2.04. The molecule has 1 atom stereocenters. The van der Waals surface area contributed by atoms with Crippen molar-refractivity contribution in [1.29, 1.82) is 0 Å². The van der Waals surface area contributed by atoms with Gasteiger partial charge in [-0.15, -0.1) is 6.42 Å². The molecule has 0 amide bonds. The van der Waals surface area contributed by atoms with Gasteiger partial charge in [0.25, 0.3) is 0 Å². The maximum atomic E-state index is 9.42.